The van der Waals surface area contributed by atoms with Crippen LogP contribution in [0.2, 0.25) is 0 Å². The Morgan fingerprint density at radius 3 is 1.45 bits per heavy atom. The van der Waals surface area contributed by atoms with Gasteiger partial charge in [-0.2, -0.15) is 0 Å². The maximum absolute atomic E-state index is 5.31. The first-order valence-corrected chi connectivity index (χ1v) is 20.4. The van der Waals surface area contributed by atoms with Gasteiger partial charge in [0, 0.05) is 22.1 Å². The number of fused-ring (bicyclic) bond motifs is 5. The highest BCUT2D eigenvalue weighted by molar-refractivity contribution is 6.03. The number of benzene rings is 7. The minimum absolute atomic E-state index is 0.0891. The van der Waals surface area contributed by atoms with Crippen molar-refractivity contribution in [3.05, 3.63) is 175 Å². The maximum Gasteiger partial charge on any atom is 0.164 e. The quantitative estimate of drug-likeness (QED) is 0.178. The number of hydrogen-bond donors (Lipinski definition) is 0. The molecule has 1 heterocycles. The van der Waals surface area contributed by atoms with Crippen LogP contribution in [0.3, 0.4) is 0 Å². The van der Waals surface area contributed by atoms with E-state index in [9.17, 15) is 0 Å². The summed E-state index contributed by atoms with van der Waals surface area (Å²) in [5.41, 5.74) is 13.6. The zero-order valence-corrected chi connectivity index (χ0v) is 31.3. The third kappa shape index (κ3) is 4.86. The summed E-state index contributed by atoms with van der Waals surface area (Å²) >= 11 is 0. The zero-order chi connectivity index (χ0) is 36.8. The van der Waals surface area contributed by atoms with Crippen molar-refractivity contribution in [3.8, 4) is 67.5 Å². The van der Waals surface area contributed by atoms with Gasteiger partial charge in [-0.25, -0.2) is 15.0 Å². The Balaban J connectivity index is 1.06. The van der Waals surface area contributed by atoms with Crippen molar-refractivity contribution in [2.75, 3.05) is 0 Å². The van der Waals surface area contributed by atoms with E-state index in [1.807, 2.05) is 0 Å². The molecule has 4 saturated carbocycles. The van der Waals surface area contributed by atoms with Crippen molar-refractivity contribution >= 4 is 10.8 Å². The predicted molar refractivity (Wildman–Crippen MR) is 228 cm³/mol. The van der Waals surface area contributed by atoms with Crippen LogP contribution < -0.4 is 0 Å². The monoisotopic (exact) mass is 719 g/mol. The van der Waals surface area contributed by atoms with Gasteiger partial charge in [-0.05, 0) is 129 Å². The standard InChI is InChI=1S/C53H41N3/c1-3-11-35(12-4-1)38-16-9-18-40(30-38)50-54-51(41-19-10-17-39(31-41)36-13-5-2-6-14-36)56-52(55-50)42-22-23-47-46(32-42)49-45-20-8-7-15-37(45)21-24-48(49)53(47)43-26-33-25-34(28-43)29-44(53)27-33/h1-24,30-34,43-44H,25-29H2. The molecule has 0 unspecified atom stereocenters. The number of aromatic nitrogens is 3. The van der Waals surface area contributed by atoms with Crippen LogP contribution in [0.15, 0.2) is 164 Å². The smallest absolute Gasteiger partial charge is 0.164 e. The molecule has 3 heteroatoms. The molecule has 56 heavy (non-hydrogen) atoms. The van der Waals surface area contributed by atoms with Gasteiger partial charge in [0.05, 0.1) is 0 Å². The summed E-state index contributed by atoms with van der Waals surface area (Å²) in [6.07, 6.45) is 6.91. The average Bonchev–Trinajstić information content (AvgIpc) is 3.56. The van der Waals surface area contributed by atoms with E-state index >= 15 is 0 Å². The second-order valence-corrected chi connectivity index (χ2v) is 16.8. The summed E-state index contributed by atoms with van der Waals surface area (Å²) in [4.78, 5) is 15.8. The SMILES string of the molecule is c1ccc(-c2cccc(-c3nc(-c4cccc(-c5ccccc5)c4)nc(-c4ccc5c(c4)-c4c(ccc6ccccc46)C54C5CC6CC(C5)CC4C6)n3)c2)cc1. The molecule has 3 nitrogen and oxygen atoms in total. The maximum atomic E-state index is 5.31. The Morgan fingerprint density at radius 1 is 0.375 bits per heavy atom. The van der Waals surface area contributed by atoms with Crippen molar-refractivity contribution in [3.63, 3.8) is 0 Å². The third-order valence-corrected chi connectivity index (χ3v) is 13.9. The summed E-state index contributed by atoms with van der Waals surface area (Å²) in [7, 11) is 0. The highest BCUT2D eigenvalue weighted by atomic mass is 15.0. The summed E-state index contributed by atoms with van der Waals surface area (Å²) in [6, 6.07) is 59.4. The lowest BCUT2D eigenvalue weighted by Gasteiger charge is -2.61. The van der Waals surface area contributed by atoms with Crippen LogP contribution in [0.4, 0.5) is 0 Å². The Kier molecular flexibility index (Phi) is 7.11. The van der Waals surface area contributed by atoms with Crippen molar-refractivity contribution in [1.82, 2.24) is 15.0 Å². The van der Waals surface area contributed by atoms with Gasteiger partial charge in [-0.1, -0.05) is 146 Å². The molecule has 0 aliphatic heterocycles. The van der Waals surface area contributed by atoms with E-state index < -0.39 is 0 Å². The molecule has 0 radical (unpaired) electrons. The van der Waals surface area contributed by atoms with Crippen molar-refractivity contribution < 1.29 is 0 Å². The summed E-state index contributed by atoms with van der Waals surface area (Å²) in [6.45, 7) is 0. The van der Waals surface area contributed by atoms with Crippen molar-refractivity contribution in [2.45, 2.75) is 37.5 Å². The van der Waals surface area contributed by atoms with E-state index in [2.05, 4.69) is 164 Å². The highest BCUT2D eigenvalue weighted by Gasteiger charge is 2.61. The van der Waals surface area contributed by atoms with Gasteiger partial charge in [-0.3, -0.25) is 0 Å². The van der Waals surface area contributed by atoms with Crippen LogP contribution in [0.5, 0.6) is 0 Å². The van der Waals surface area contributed by atoms with E-state index in [0.29, 0.717) is 29.3 Å². The molecule has 4 bridgehead atoms. The number of rotatable bonds is 5. The lowest BCUT2D eigenvalue weighted by atomic mass is 9.43. The lowest BCUT2D eigenvalue weighted by molar-refractivity contribution is -0.0399. The molecule has 7 aromatic carbocycles. The molecule has 0 amide bonds. The average molecular weight is 720 g/mol. The van der Waals surface area contributed by atoms with Gasteiger partial charge in [0.15, 0.2) is 17.5 Å². The highest BCUT2D eigenvalue weighted by Crippen LogP contribution is 2.70. The lowest BCUT2D eigenvalue weighted by Crippen LogP contribution is -2.55. The molecule has 0 saturated heterocycles. The first kappa shape index (κ1) is 32.1. The second kappa shape index (κ2) is 12.4. The molecular weight excluding hydrogens is 679 g/mol. The Bertz CT molecular complexity index is 2690. The summed E-state index contributed by atoms with van der Waals surface area (Å²) < 4.78 is 0. The Hall–Kier alpha value is -6.19. The van der Waals surface area contributed by atoms with Crippen molar-refractivity contribution in [1.29, 1.82) is 0 Å². The third-order valence-electron chi connectivity index (χ3n) is 13.9. The molecular formula is C53H41N3. The van der Waals surface area contributed by atoms with Crippen LogP contribution >= 0.6 is 0 Å². The van der Waals surface area contributed by atoms with Crippen LogP contribution in [-0.4, -0.2) is 15.0 Å². The first-order valence-electron chi connectivity index (χ1n) is 20.4. The summed E-state index contributed by atoms with van der Waals surface area (Å²) in [5.74, 6) is 5.27. The Morgan fingerprint density at radius 2 is 0.857 bits per heavy atom. The van der Waals surface area contributed by atoms with Gasteiger partial charge < -0.3 is 0 Å². The van der Waals surface area contributed by atoms with Gasteiger partial charge in [-0.15, -0.1) is 0 Å². The van der Waals surface area contributed by atoms with Crippen LogP contribution in [0.1, 0.15) is 43.2 Å². The van der Waals surface area contributed by atoms with E-state index in [1.165, 1.54) is 65.1 Å². The minimum atomic E-state index is 0.0891. The second-order valence-electron chi connectivity index (χ2n) is 16.8. The topological polar surface area (TPSA) is 38.7 Å². The predicted octanol–water partition coefficient (Wildman–Crippen LogP) is 13.1. The van der Waals surface area contributed by atoms with Crippen LogP contribution in [0.25, 0.3) is 78.3 Å². The molecule has 268 valence electrons. The fourth-order valence-corrected chi connectivity index (χ4v) is 11.8. The van der Waals surface area contributed by atoms with Gasteiger partial charge in [0.1, 0.15) is 0 Å². The molecule has 0 N–H and O–H groups in total. The van der Waals surface area contributed by atoms with Crippen LogP contribution in [-0.2, 0) is 5.41 Å². The minimum Gasteiger partial charge on any atom is -0.208 e. The number of hydrogen-bond acceptors (Lipinski definition) is 3. The van der Waals surface area contributed by atoms with Gasteiger partial charge in [0.25, 0.3) is 0 Å². The van der Waals surface area contributed by atoms with E-state index in [1.54, 1.807) is 11.1 Å². The van der Waals surface area contributed by atoms with E-state index in [4.69, 9.17) is 15.0 Å². The zero-order valence-electron chi connectivity index (χ0n) is 31.3. The molecule has 0 atom stereocenters. The normalized spacial score (nSPS) is 22.7. The molecule has 1 spiro atoms. The van der Waals surface area contributed by atoms with E-state index in [-0.39, 0.29) is 5.41 Å². The van der Waals surface area contributed by atoms with Crippen LogP contribution in [0, 0.1) is 23.7 Å². The summed E-state index contributed by atoms with van der Waals surface area (Å²) in [5, 5.41) is 2.67. The van der Waals surface area contributed by atoms with E-state index in [0.717, 1.165) is 39.7 Å². The Labute approximate surface area is 328 Å². The fraction of sp³-hybridized carbons (Fsp3) is 0.189. The van der Waals surface area contributed by atoms with Gasteiger partial charge >= 0.3 is 0 Å². The van der Waals surface area contributed by atoms with Gasteiger partial charge in [0.2, 0.25) is 0 Å². The molecule has 5 aliphatic rings. The molecule has 8 aromatic rings. The molecule has 1 aromatic heterocycles. The largest absolute Gasteiger partial charge is 0.208 e. The first-order chi connectivity index (χ1) is 27.7. The van der Waals surface area contributed by atoms with Crippen molar-refractivity contribution in [2.24, 2.45) is 23.7 Å². The molecule has 5 aliphatic carbocycles. The molecule has 13 rings (SSSR count). The fourth-order valence-electron chi connectivity index (χ4n) is 11.8. The molecule has 4 fully saturated rings. The number of nitrogens with zero attached hydrogens (tertiary/aromatic N) is 3.